The molecule has 1 saturated carbocycles. The first-order valence-electron chi connectivity index (χ1n) is 6.70. The average Bonchev–Trinajstić information content (AvgIpc) is 3.03. The summed E-state index contributed by atoms with van der Waals surface area (Å²) in [5.41, 5.74) is 0.804. The molecule has 3 rings (SSSR count). The molecule has 1 aromatic rings. The largest absolute Gasteiger partial charge is 0.481 e. The van der Waals surface area contributed by atoms with Crippen molar-refractivity contribution in [2.45, 2.75) is 49.3 Å². The highest BCUT2D eigenvalue weighted by Gasteiger charge is 2.33. The van der Waals surface area contributed by atoms with Gasteiger partial charge in [-0.2, -0.15) is 11.8 Å². The molecule has 0 radical (unpaired) electrons. The molecule has 2 aliphatic rings. The van der Waals surface area contributed by atoms with Crippen LogP contribution in [0.3, 0.4) is 0 Å². The van der Waals surface area contributed by atoms with Crippen molar-refractivity contribution in [2.75, 3.05) is 11.6 Å². The number of aromatic nitrogens is 1. The van der Waals surface area contributed by atoms with Crippen LogP contribution in [0.15, 0.2) is 0 Å². The van der Waals surface area contributed by atoms with Crippen LogP contribution in [-0.2, 0) is 11.2 Å². The van der Waals surface area contributed by atoms with Crippen molar-refractivity contribution in [3.63, 3.8) is 0 Å². The molecule has 2 N–H and O–H groups in total. The number of hydrogen-bond donors (Lipinski definition) is 2. The van der Waals surface area contributed by atoms with E-state index in [4.69, 9.17) is 0 Å². The standard InChI is InChI=1S/C13H18N2O2S2/c1-18-9-4-2-3-8(9)14-13-15-11-7(12(16)17)5-6-10(11)19-13/h7-9H,2-6H2,1H3,(H,14,15)(H,16,17). The molecule has 2 aliphatic carbocycles. The summed E-state index contributed by atoms with van der Waals surface area (Å²) in [5.74, 6) is -1.12. The van der Waals surface area contributed by atoms with Gasteiger partial charge >= 0.3 is 5.97 Å². The normalized spacial score (nSPS) is 29.4. The summed E-state index contributed by atoms with van der Waals surface area (Å²) in [6.45, 7) is 0. The van der Waals surface area contributed by atoms with E-state index in [0.717, 1.165) is 22.1 Å². The van der Waals surface area contributed by atoms with Gasteiger partial charge in [0.1, 0.15) is 5.92 Å². The number of fused-ring (bicyclic) bond motifs is 1. The number of carboxylic acid groups (broad SMARTS) is 1. The third-order valence-electron chi connectivity index (χ3n) is 4.08. The van der Waals surface area contributed by atoms with E-state index >= 15 is 0 Å². The zero-order chi connectivity index (χ0) is 13.4. The topological polar surface area (TPSA) is 62.2 Å². The minimum absolute atomic E-state index is 0.387. The summed E-state index contributed by atoms with van der Waals surface area (Å²) in [5, 5.41) is 14.3. The monoisotopic (exact) mass is 298 g/mol. The first-order chi connectivity index (χ1) is 9.19. The minimum atomic E-state index is -0.738. The maximum Gasteiger partial charge on any atom is 0.312 e. The molecule has 0 spiro atoms. The van der Waals surface area contributed by atoms with Crippen LogP contribution < -0.4 is 5.32 Å². The van der Waals surface area contributed by atoms with Gasteiger partial charge in [0.05, 0.1) is 5.69 Å². The van der Waals surface area contributed by atoms with Crippen LogP contribution in [-0.4, -0.2) is 33.6 Å². The lowest BCUT2D eigenvalue weighted by molar-refractivity contribution is -0.138. The number of nitrogens with zero attached hydrogens (tertiary/aromatic N) is 1. The number of anilines is 1. The molecule has 3 unspecified atom stereocenters. The molecule has 0 amide bonds. The summed E-state index contributed by atoms with van der Waals surface area (Å²) in [4.78, 5) is 16.9. The Bertz CT molecular complexity index is 489. The van der Waals surface area contributed by atoms with Crippen molar-refractivity contribution in [1.82, 2.24) is 4.98 Å². The van der Waals surface area contributed by atoms with Crippen molar-refractivity contribution in [3.8, 4) is 0 Å². The number of nitrogens with one attached hydrogen (secondary N) is 1. The van der Waals surface area contributed by atoms with E-state index in [1.54, 1.807) is 11.3 Å². The van der Waals surface area contributed by atoms with Gasteiger partial charge in [-0.05, 0) is 31.9 Å². The second-order valence-corrected chi connectivity index (χ2v) is 7.37. The van der Waals surface area contributed by atoms with E-state index in [1.165, 1.54) is 19.3 Å². The molecule has 3 atom stereocenters. The van der Waals surface area contributed by atoms with Crippen LogP contribution in [0.4, 0.5) is 5.13 Å². The molecular weight excluding hydrogens is 280 g/mol. The fourth-order valence-electron chi connectivity index (χ4n) is 3.06. The van der Waals surface area contributed by atoms with Crippen LogP contribution in [0.25, 0.3) is 0 Å². The maximum absolute atomic E-state index is 11.2. The van der Waals surface area contributed by atoms with Gasteiger partial charge in [0.15, 0.2) is 5.13 Å². The molecule has 1 heterocycles. The van der Waals surface area contributed by atoms with Crippen molar-refractivity contribution >= 4 is 34.2 Å². The Labute approximate surface area is 121 Å². The molecule has 0 aliphatic heterocycles. The second-order valence-electron chi connectivity index (χ2n) is 5.21. The quantitative estimate of drug-likeness (QED) is 0.895. The Kier molecular flexibility index (Phi) is 3.71. The molecule has 1 aromatic heterocycles. The van der Waals surface area contributed by atoms with E-state index in [2.05, 4.69) is 16.6 Å². The first kappa shape index (κ1) is 13.2. The molecule has 6 heteroatoms. The number of aliphatic carboxylic acids is 1. The number of rotatable bonds is 4. The van der Waals surface area contributed by atoms with Gasteiger partial charge < -0.3 is 10.4 Å². The Hall–Kier alpha value is -0.750. The van der Waals surface area contributed by atoms with Crippen molar-refractivity contribution in [3.05, 3.63) is 10.6 Å². The Morgan fingerprint density at radius 3 is 3.05 bits per heavy atom. The Balaban J connectivity index is 1.74. The maximum atomic E-state index is 11.2. The van der Waals surface area contributed by atoms with E-state index in [-0.39, 0.29) is 5.92 Å². The van der Waals surface area contributed by atoms with Crippen molar-refractivity contribution < 1.29 is 9.90 Å². The van der Waals surface area contributed by atoms with Crippen LogP contribution in [0.5, 0.6) is 0 Å². The highest BCUT2D eigenvalue weighted by atomic mass is 32.2. The van der Waals surface area contributed by atoms with Crippen LogP contribution in [0.2, 0.25) is 0 Å². The number of carboxylic acids is 1. The van der Waals surface area contributed by atoms with Gasteiger partial charge in [-0.3, -0.25) is 4.79 Å². The Morgan fingerprint density at radius 1 is 1.47 bits per heavy atom. The molecule has 0 aromatic carbocycles. The van der Waals surface area contributed by atoms with Crippen molar-refractivity contribution in [2.24, 2.45) is 0 Å². The number of thioether (sulfide) groups is 1. The Morgan fingerprint density at radius 2 is 2.32 bits per heavy atom. The third-order valence-corrected chi connectivity index (χ3v) is 6.31. The molecule has 0 saturated heterocycles. The summed E-state index contributed by atoms with van der Waals surface area (Å²) in [7, 11) is 0. The molecule has 4 nitrogen and oxygen atoms in total. The van der Waals surface area contributed by atoms with Crippen LogP contribution in [0, 0.1) is 0 Å². The van der Waals surface area contributed by atoms with Crippen molar-refractivity contribution in [1.29, 1.82) is 0 Å². The van der Waals surface area contributed by atoms with Crippen LogP contribution >= 0.6 is 23.1 Å². The van der Waals surface area contributed by atoms with E-state index in [1.807, 2.05) is 11.8 Å². The molecule has 19 heavy (non-hydrogen) atoms. The fraction of sp³-hybridized carbons (Fsp3) is 0.692. The lowest BCUT2D eigenvalue weighted by Gasteiger charge is -2.18. The first-order valence-corrected chi connectivity index (χ1v) is 8.81. The zero-order valence-electron chi connectivity index (χ0n) is 10.9. The highest BCUT2D eigenvalue weighted by molar-refractivity contribution is 7.99. The summed E-state index contributed by atoms with van der Waals surface area (Å²) in [6, 6.07) is 0.490. The van der Waals surface area contributed by atoms with Gasteiger partial charge in [0.2, 0.25) is 0 Å². The zero-order valence-corrected chi connectivity index (χ0v) is 12.5. The van der Waals surface area contributed by atoms with Gasteiger partial charge in [-0.25, -0.2) is 4.98 Å². The molecule has 104 valence electrons. The molecular formula is C13H18N2O2S2. The number of thiazole rings is 1. The predicted molar refractivity (Wildman–Crippen MR) is 79.4 cm³/mol. The smallest absolute Gasteiger partial charge is 0.312 e. The predicted octanol–water partition coefficient (Wildman–Crippen LogP) is 2.95. The van der Waals surface area contributed by atoms with Gasteiger partial charge in [-0.15, -0.1) is 11.3 Å². The van der Waals surface area contributed by atoms with E-state index in [9.17, 15) is 9.90 Å². The average molecular weight is 298 g/mol. The number of carbonyl (C=O) groups is 1. The second kappa shape index (κ2) is 5.32. The fourth-order valence-corrected chi connectivity index (χ4v) is 5.10. The minimum Gasteiger partial charge on any atom is -0.481 e. The van der Waals surface area contributed by atoms with E-state index in [0.29, 0.717) is 17.7 Å². The van der Waals surface area contributed by atoms with Gasteiger partial charge in [-0.1, -0.05) is 6.42 Å². The summed E-state index contributed by atoms with van der Waals surface area (Å²) >= 11 is 3.56. The van der Waals surface area contributed by atoms with Gasteiger partial charge in [0, 0.05) is 16.2 Å². The van der Waals surface area contributed by atoms with Crippen LogP contribution in [0.1, 0.15) is 42.2 Å². The molecule has 0 bridgehead atoms. The molecule has 1 fully saturated rings. The SMILES string of the molecule is CSC1CCCC1Nc1nc2c(s1)CCC2C(=O)O. The lowest BCUT2D eigenvalue weighted by atomic mass is 10.1. The lowest BCUT2D eigenvalue weighted by Crippen LogP contribution is -2.25. The summed E-state index contributed by atoms with van der Waals surface area (Å²) < 4.78 is 0. The number of hydrogen-bond acceptors (Lipinski definition) is 5. The van der Waals surface area contributed by atoms with E-state index < -0.39 is 5.97 Å². The third kappa shape index (κ3) is 2.48. The van der Waals surface area contributed by atoms with Gasteiger partial charge in [0.25, 0.3) is 0 Å². The highest BCUT2D eigenvalue weighted by Crippen LogP contribution is 2.39. The number of aryl methyl sites for hydroxylation is 1. The summed E-state index contributed by atoms with van der Waals surface area (Å²) in [6.07, 6.45) is 7.46.